The Hall–Kier alpha value is -1.12. The molecule has 0 bridgehead atoms. The van der Waals surface area contributed by atoms with Crippen LogP contribution in [-0.4, -0.2) is 26.8 Å². The molecule has 1 N–H and O–H groups in total. The number of hydrogen-bond donors (Lipinski definition) is 1. The third-order valence-corrected chi connectivity index (χ3v) is 3.66. The zero-order valence-electron chi connectivity index (χ0n) is 9.82. The normalized spacial score (nSPS) is 13.0. The number of alkyl halides is 3. The summed E-state index contributed by atoms with van der Waals surface area (Å²) >= 11 is 0. The minimum absolute atomic E-state index is 0.190. The zero-order chi connectivity index (χ0) is 14.0. The van der Waals surface area contributed by atoms with Gasteiger partial charge in [0.1, 0.15) is 0 Å². The van der Waals surface area contributed by atoms with E-state index in [4.69, 9.17) is 0 Å². The van der Waals surface area contributed by atoms with E-state index >= 15 is 0 Å². The van der Waals surface area contributed by atoms with Gasteiger partial charge >= 0.3 is 6.18 Å². The van der Waals surface area contributed by atoms with Crippen molar-refractivity contribution in [1.82, 2.24) is 9.03 Å². The summed E-state index contributed by atoms with van der Waals surface area (Å²) in [5.74, 6) is 0. The van der Waals surface area contributed by atoms with Crippen molar-refractivity contribution >= 4 is 10.2 Å². The van der Waals surface area contributed by atoms with Gasteiger partial charge in [-0.15, -0.1) is 0 Å². The second kappa shape index (κ2) is 5.25. The summed E-state index contributed by atoms with van der Waals surface area (Å²) in [6, 6.07) is 4.51. The quantitative estimate of drug-likeness (QED) is 0.912. The van der Waals surface area contributed by atoms with Crippen LogP contribution in [0, 0.1) is 0 Å². The maximum absolute atomic E-state index is 12.4. The summed E-state index contributed by atoms with van der Waals surface area (Å²) in [5.41, 5.74) is -0.556. The number of halogens is 3. The maximum Gasteiger partial charge on any atom is 0.416 e. The molecule has 0 aliphatic heterocycles. The largest absolute Gasteiger partial charge is 0.416 e. The number of nitrogens with zero attached hydrogens (tertiary/aromatic N) is 1. The lowest BCUT2D eigenvalue weighted by Gasteiger charge is -2.13. The van der Waals surface area contributed by atoms with Crippen LogP contribution in [0.15, 0.2) is 24.3 Å². The first-order valence-corrected chi connectivity index (χ1v) is 6.40. The Bertz CT molecular complexity index is 512. The van der Waals surface area contributed by atoms with Gasteiger partial charge in [-0.3, -0.25) is 0 Å². The topological polar surface area (TPSA) is 49.4 Å². The molecule has 0 aromatic heterocycles. The fourth-order valence-electron chi connectivity index (χ4n) is 1.16. The average molecular weight is 282 g/mol. The fourth-order valence-corrected chi connectivity index (χ4v) is 1.77. The van der Waals surface area contributed by atoms with Gasteiger partial charge in [0.25, 0.3) is 10.2 Å². The number of rotatable bonds is 4. The molecule has 102 valence electrons. The number of nitrogens with one attached hydrogen (secondary N) is 1. The Balaban J connectivity index is 2.82. The molecule has 0 aliphatic rings. The third kappa shape index (κ3) is 3.97. The Kier molecular flexibility index (Phi) is 4.36. The molecule has 0 radical (unpaired) electrons. The van der Waals surface area contributed by atoms with Crippen LogP contribution in [0.4, 0.5) is 13.2 Å². The Morgan fingerprint density at radius 1 is 1.28 bits per heavy atom. The van der Waals surface area contributed by atoms with Gasteiger partial charge in [0.15, 0.2) is 0 Å². The molecule has 0 fully saturated rings. The molecular weight excluding hydrogens is 269 g/mol. The van der Waals surface area contributed by atoms with Gasteiger partial charge in [-0.1, -0.05) is 18.2 Å². The van der Waals surface area contributed by atoms with Crippen molar-refractivity contribution in [3.8, 4) is 0 Å². The predicted octanol–water partition coefficient (Wildman–Crippen LogP) is 1.60. The molecule has 18 heavy (non-hydrogen) atoms. The molecule has 0 heterocycles. The summed E-state index contributed by atoms with van der Waals surface area (Å²) in [4.78, 5) is 0. The fraction of sp³-hybridized carbons (Fsp3) is 0.400. The summed E-state index contributed by atoms with van der Waals surface area (Å²) in [6.07, 6.45) is -4.43. The molecule has 0 unspecified atom stereocenters. The van der Waals surface area contributed by atoms with Crippen molar-refractivity contribution in [3.63, 3.8) is 0 Å². The average Bonchev–Trinajstić information content (AvgIpc) is 2.25. The Labute approximate surface area is 104 Å². The van der Waals surface area contributed by atoms with Crippen molar-refractivity contribution in [2.75, 3.05) is 14.1 Å². The van der Waals surface area contributed by atoms with Crippen LogP contribution in [0.25, 0.3) is 0 Å². The first-order valence-electron chi connectivity index (χ1n) is 4.96. The molecule has 0 amide bonds. The van der Waals surface area contributed by atoms with Crippen molar-refractivity contribution < 1.29 is 21.6 Å². The summed E-state index contributed by atoms with van der Waals surface area (Å²) in [5, 5.41) is 0. The molecule has 8 heteroatoms. The predicted molar refractivity (Wildman–Crippen MR) is 60.9 cm³/mol. The smallest absolute Gasteiger partial charge is 0.198 e. The lowest BCUT2D eigenvalue weighted by atomic mass is 10.1. The highest BCUT2D eigenvalue weighted by Crippen LogP contribution is 2.29. The van der Waals surface area contributed by atoms with Crippen LogP contribution >= 0.6 is 0 Å². The van der Waals surface area contributed by atoms with E-state index in [1.54, 1.807) is 0 Å². The maximum atomic E-state index is 12.4. The number of benzene rings is 1. The molecule has 0 saturated carbocycles. The first-order chi connectivity index (χ1) is 8.13. The molecule has 0 spiro atoms. The molecule has 1 aromatic rings. The summed E-state index contributed by atoms with van der Waals surface area (Å²) in [6.45, 7) is -0.190. The van der Waals surface area contributed by atoms with Gasteiger partial charge in [0, 0.05) is 20.6 Å². The van der Waals surface area contributed by atoms with E-state index in [2.05, 4.69) is 4.72 Å². The van der Waals surface area contributed by atoms with Crippen LogP contribution in [0.1, 0.15) is 11.1 Å². The van der Waals surface area contributed by atoms with E-state index in [0.29, 0.717) is 0 Å². The van der Waals surface area contributed by atoms with Crippen LogP contribution < -0.4 is 4.72 Å². The molecule has 1 aromatic carbocycles. The molecule has 0 aliphatic carbocycles. The van der Waals surface area contributed by atoms with Crippen molar-refractivity contribution in [2.45, 2.75) is 12.7 Å². The van der Waals surface area contributed by atoms with Crippen LogP contribution in [0.3, 0.4) is 0 Å². The molecule has 0 saturated heterocycles. The lowest BCUT2D eigenvalue weighted by Crippen LogP contribution is -2.35. The highest BCUT2D eigenvalue weighted by Gasteiger charge is 2.30. The van der Waals surface area contributed by atoms with E-state index in [1.165, 1.54) is 26.2 Å². The van der Waals surface area contributed by atoms with Gasteiger partial charge in [0.2, 0.25) is 0 Å². The van der Waals surface area contributed by atoms with Crippen molar-refractivity contribution in [3.05, 3.63) is 35.4 Å². The van der Waals surface area contributed by atoms with Crippen molar-refractivity contribution in [1.29, 1.82) is 0 Å². The monoisotopic (exact) mass is 282 g/mol. The minimum atomic E-state index is -4.43. The van der Waals surface area contributed by atoms with Gasteiger partial charge in [-0.2, -0.15) is 30.6 Å². The van der Waals surface area contributed by atoms with E-state index < -0.39 is 21.9 Å². The molecular formula is C10H13F3N2O2S. The lowest BCUT2D eigenvalue weighted by molar-refractivity contribution is -0.137. The third-order valence-electron chi connectivity index (χ3n) is 2.19. The Morgan fingerprint density at radius 2 is 1.89 bits per heavy atom. The van der Waals surface area contributed by atoms with E-state index in [9.17, 15) is 21.6 Å². The van der Waals surface area contributed by atoms with E-state index in [1.807, 2.05) is 0 Å². The molecule has 0 atom stereocenters. The minimum Gasteiger partial charge on any atom is -0.198 e. The van der Waals surface area contributed by atoms with Gasteiger partial charge in [0.05, 0.1) is 5.56 Å². The van der Waals surface area contributed by atoms with Crippen LogP contribution in [-0.2, 0) is 22.9 Å². The standard InChI is InChI=1S/C10H13F3N2O2S/c1-15(2)18(16,17)14-7-8-4-3-5-9(6-8)10(11,12)13/h3-6,14H,7H2,1-2H3. The second-order valence-corrected chi connectivity index (χ2v) is 5.78. The van der Waals surface area contributed by atoms with Crippen LogP contribution in [0.2, 0.25) is 0 Å². The van der Waals surface area contributed by atoms with Gasteiger partial charge < -0.3 is 0 Å². The molecule has 1 rings (SSSR count). The van der Waals surface area contributed by atoms with Gasteiger partial charge in [-0.25, -0.2) is 0 Å². The summed E-state index contributed by atoms with van der Waals surface area (Å²) < 4.78 is 63.2. The van der Waals surface area contributed by atoms with Crippen LogP contribution in [0.5, 0.6) is 0 Å². The first kappa shape index (κ1) is 14.9. The Morgan fingerprint density at radius 3 is 2.39 bits per heavy atom. The van der Waals surface area contributed by atoms with Crippen molar-refractivity contribution in [2.24, 2.45) is 0 Å². The van der Waals surface area contributed by atoms with E-state index in [0.717, 1.165) is 16.4 Å². The van der Waals surface area contributed by atoms with Gasteiger partial charge in [-0.05, 0) is 11.6 Å². The number of hydrogen-bond acceptors (Lipinski definition) is 2. The second-order valence-electron chi connectivity index (χ2n) is 3.81. The molecule has 4 nitrogen and oxygen atoms in total. The SMILES string of the molecule is CN(C)S(=O)(=O)NCc1cccc(C(F)(F)F)c1. The highest BCUT2D eigenvalue weighted by molar-refractivity contribution is 7.87. The van der Waals surface area contributed by atoms with E-state index in [-0.39, 0.29) is 12.1 Å². The zero-order valence-corrected chi connectivity index (χ0v) is 10.6. The summed E-state index contributed by atoms with van der Waals surface area (Å²) in [7, 11) is -0.987. The highest BCUT2D eigenvalue weighted by atomic mass is 32.2.